The van der Waals surface area contributed by atoms with Crippen LogP contribution in [0.2, 0.25) is 0 Å². The maximum absolute atomic E-state index is 10.3. The summed E-state index contributed by atoms with van der Waals surface area (Å²) in [6.45, 7) is 0. The van der Waals surface area contributed by atoms with Crippen molar-refractivity contribution in [2.75, 3.05) is 7.11 Å². The van der Waals surface area contributed by atoms with Gasteiger partial charge in [0.05, 0.1) is 0 Å². The van der Waals surface area contributed by atoms with E-state index in [4.69, 9.17) is 0 Å². The van der Waals surface area contributed by atoms with E-state index in [0.717, 1.165) is 0 Å². The van der Waals surface area contributed by atoms with Crippen LogP contribution >= 0.6 is 11.8 Å². The average molecular weight is 132 g/mol. The van der Waals surface area contributed by atoms with Gasteiger partial charge < -0.3 is 4.74 Å². The van der Waals surface area contributed by atoms with Gasteiger partial charge in [-0.15, -0.1) is 0 Å². The molecule has 0 aliphatic carbocycles. The molecule has 0 atom stereocenters. The van der Waals surface area contributed by atoms with E-state index in [0.29, 0.717) is 11.8 Å². The van der Waals surface area contributed by atoms with Gasteiger partial charge >= 0.3 is 0 Å². The molecule has 0 amide bonds. The van der Waals surface area contributed by atoms with Crippen LogP contribution in [0.15, 0.2) is 0 Å². The quantitative estimate of drug-likeness (QED) is 0.463. The predicted octanol–water partition coefficient (Wildman–Crippen LogP) is -0.199. The zero-order valence-electron chi connectivity index (χ0n) is 4.21. The van der Waals surface area contributed by atoms with Gasteiger partial charge in [-0.3, -0.25) is 9.59 Å². The second kappa shape index (κ2) is 1.87. The third-order valence-electron chi connectivity index (χ3n) is 0.865. The summed E-state index contributed by atoms with van der Waals surface area (Å²) in [7, 11) is 1.35. The predicted molar refractivity (Wildman–Crippen MR) is 28.4 cm³/mol. The molecule has 1 rings (SSSR count). The van der Waals surface area contributed by atoms with Gasteiger partial charge in [-0.25, -0.2) is 0 Å². The van der Waals surface area contributed by atoms with E-state index in [2.05, 4.69) is 4.74 Å². The molecule has 0 bridgehead atoms. The van der Waals surface area contributed by atoms with Gasteiger partial charge in [0.15, 0.2) is 6.10 Å². The molecular formula is C4H4O3S. The Bertz CT molecular complexity index is 128. The molecule has 1 aliphatic heterocycles. The molecule has 0 aromatic rings. The van der Waals surface area contributed by atoms with Gasteiger partial charge in [0.25, 0.3) is 0 Å². The zero-order valence-corrected chi connectivity index (χ0v) is 5.03. The number of thioether (sulfide) groups is 1. The van der Waals surface area contributed by atoms with E-state index in [1.54, 1.807) is 0 Å². The molecule has 44 valence electrons. The molecular weight excluding hydrogens is 128 g/mol. The normalized spacial score (nSPS) is 21.1. The molecule has 4 heteroatoms. The molecule has 0 saturated carbocycles. The van der Waals surface area contributed by atoms with Crippen LogP contribution in [-0.2, 0) is 14.3 Å². The molecule has 0 spiro atoms. The molecule has 8 heavy (non-hydrogen) atoms. The summed E-state index contributed by atoms with van der Waals surface area (Å²) in [5.74, 6) is 0. The van der Waals surface area contributed by atoms with Crippen molar-refractivity contribution in [3.05, 3.63) is 0 Å². The van der Waals surface area contributed by atoms with Crippen molar-refractivity contribution < 1.29 is 14.3 Å². The molecule has 1 fully saturated rings. The Balaban J connectivity index is 2.52. The Hall–Kier alpha value is -0.350. The minimum absolute atomic E-state index is 0.183. The lowest BCUT2D eigenvalue weighted by Gasteiger charge is -2.17. The molecule has 1 heterocycles. The maximum atomic E-state index is 10.3. The smallest absolute Gasteiger partial charge is 0.233 e. The van der Waals surface area contributed by atoms with Crippen molar-refractivity contribution in [2.45, 2.75) is 6.10 Å². The first-order valence-corrected chi connectivity index (χ1v) is 2.85. The molecule has 0 N–H and O–H groups in total. The van der Waals surface area contributed by atoms with Crippen molar-refractivity contribution >= 4 is 22.0 Å². The number of ether oxygens (including phenoxy) is 1. The fraction of sp³-hybridized carbons (Fsp3) is 0.500. The van der Waals surface area contributed by atoms with Crippen molar-refractivity contribution in [3.8, 4) is 0 Å². The molecule has 3 nitrogen and oxygen atoms in total. The Kier molecular flexibility index (Phi) is 1.35. The van der Waals surface area contributed by atoms with Crippen LogP contribution in [0.5, 0.6) is 0 Å². The summed E-state index contributed by atoms with van der Waals surface area (Å²) >= 11 is 0.713. The topological polar surface area (TPSA) is 43.4 Å². The van der Waals surface area contributed by atoms with E-state index in [9.17, 15) is 9.59 Å². The van der Waals surface area contributed by atoms with Crippen LogP contribution in [0.4, 0.5) is 0 Å². The molecule has 1 aliphatic rings. The number of hydrogen-bond acceptors (Lipinski definition) is 4. The van der Waals surface area contributed by atoms with Crippen LogP contribution < -0.4 is 0 Å². The Morgan fingerprint density at radius 1 is 1.50 bits per heavy atom. The number of carbonyl (C=O) groups is 2. The average Bonchev–Trinajstić information content (AvgIpc) is 1.67. The lowest BCUT2D eigenvalue weighted by Crippen LogP contribution is -2.38. The number of carbonyl (C=O) groups excluding carboxylic acids is 2. The van der Waals surface area contributed by atoms with Crippen LogP contribution in [0.25, 0.3) is 0 Å². The largest absolute Gasteiger partial charge is 0.364 e. The van der Waals surface area contributed by atoms with Gasteiger partial charge in [-0.1, -0.05) is 0 Å². The first-order chi connectivity index (χ1) is 3.75. The summed E-state index contributed by atoms with van der Waals surface area (Å²) in [5.41, 5.74) is 0. The van der Waals surface area contributed by atoms with Crippen LogP contribution in [-0.4, -0.2) is 23.4 Å². The molecule has 0 aromatic carbocycles. The monoisotopic (exact) mass is 132 g/mol. The maximum Gasteiger partial charge on any atom is 0.233 e. The van der Waals surface area contributed by atoms with E-state index >= 15 is 0 Å². The first-order valence-electron chi connectivity index (χ1n) is 2.04. The summed E-state index contributed by atoms with van der Waals surface area (Å²) in [6.07, 6.45) is -0.764. The second-order valence-corrected chi connectivity index (χ2v) is 2.36. The highest BCUT2D eigenvalue weighted by atomic mass is 32.2. The Labute approximate surface area is 50.4 Å². The van der Waals surface area contributed by atoms with Crippen LogP contribution in [0.3, 0.4) is 0 Å². The summed E-state index contributed by atoms with van der Waals surface area (Å²) in [4.78, 5) is 20.6. The number of hydrogen-bond donors (Lipinski definition) is 0. The van der Waals surface area contributed by atoms with Crippen molar-refractivity contribution in [3.63, 3.8) is 0 Å². The molecule has 0 aromatic heterocycles. The van der Waals surface area contributed by atoms with Gasteiger partial charge in [0.1, 0.15) is 0 Å². The van der Waals surface area contributed by atoms with E-state index in [1.807, 2.05) is 0 Å². The van der Waals surface area contributed by atoms with Crippen molar-refractivity contribution in [1.29, 1.82) is 0 Å². The molecule has 0 radical (unpaired) electrons. The van der Waals surface area contributed by atoms with Crippen LogP contribution in [0, 0.1) is 0 Å². The van der Waals surface area contributed by atoms with Gasteiger partial charge in [0, 0.05) is 7.11 Å². The zero-order chi connectivity index (χ0) is 6.15. The minimum atomic E-state index is -0.764. The number of methoxy groups -OCH3 is 1. The third-order valence-corrected chi connectivity index (χ3v) is 1.70. The highest BCUT2D eigenvalue weighted by Gasteiger charge is 2.39. The Morgan fingerprint density at radius 2 is 2.00 bits per heavy atom. The van der Waals surface area contributed by atoms with E-state index in [1.165, 1.54) is 7.11 Å². The Morgan fingerprint density at radius 3 is 2.12 bits per heavy atom. The second-order valence-electron chi connectivity index (χ2n) is 1.36. The lowest BCUT2D eigenvalue weighted by molar-refractivity contribution is -0.134. The molecule has 1 saturated heterocycles. The van der Waals surface area contributed by atoms with E-state index < -0.39 is 6.10 Å². The molecule has 0 unspecified atom stereocenters. The fourth-order valence-electron chi connectivity index (χ4n) is 0.437. The van der Waals surface area contributed by atoms with Gasteiger partial charge in [-0.05, 0) is 11.8 Å². The van der Waals surface area contributed by atoms with Crippen LogP contribution in [0.1, 0.15) is 0 Å². The first kappa shape index (κ1) is 5.78. The fourth-order valence-corrected chi connectivity index (χ4v) is 1.07. The van der Waals surface area contributed by atoms with E-state index in [-0.39, 0.29) is 10.2 Å². The van der Waals surface area contributed by atoms with Gasteiger partial charge in [0.2, 0.25) is 10.2 Å². The summed E-state index contributed by atoms with van der Waals surface area (Å²) in [6, 6.07) is 0. The SMILES string of the molecule is COC1C(=O)SC1=O. The summed E-state index contributed by atoms with van der Waals surface area (Å²) < 4.78 is 4.49. The van der Waals surface area contributed by atoms with Crippen molar-refractivity contribution in [2.24, 2.45) is 0 Å². The standard InChI is InChI=1S/C4H4O3S/c1-7-2-3(5)8-4(2)6/h2H,1H3. The summed E-state index contributed by atoms with van der Waals surface area (Å²) in [5, 5.41) is -0.366. The third kappa shape index (κ3) is 0.656. The minimum Gasteiger partial charge on any atom is -0.364 e. The van der Waals surface area contributed by atoms with Gasteiger partial charge in [-0.2, -0.15) is 0 Å². The number of rotatable bonds is 1. The lowest BCUT2D eigenvalue weighted by atomic mass is 10.4. The van der Waals surface area contributed by atoms with Crippen molar-refractivity contribution in [1.82, 2.24) is 0 Å². The highest BCUT2D eigenvalue weighted by molar-refractivity contribution is 8.29. The highest BCUT2D eigenvalue weighted by Crippen LogP contribution is 2.24.